The van der Waals surface area contributed by atoms with Gasteiger partial charge in [0.1, 0.15) is 5.75 Å². The monoisotopic (exact) mass is 334 g/mol. The Kier molecular flexibility index (Phi) is 6.43. The molecule has 2 amide bonds. The van der Waals surface area contributed by atoms with Gasteiger partial charge in [0.05, 0.1) is 20.2 Å². The maximum Gasteiger partial charge on any atom is 0.241 e. The van der Waals surface area contributed by atoms with Crippen molar-refractivity contribution in [3.05, 3.63) is 24.3 Å². The first-order valence-corrected chi connectivity index (χ1v) is 8.08. The number of likely N-dealkylation sites (N-methyl/N-ethyl adjacent to an activating group) is 1. The van der Waals surface area contributed by atoms with Gasteiger partial charge in [-0.3, -0.25) is 14.5 Å². The lowest BCUT2D eigenvalue weighted by Gasteiger charge is -2.35. The third kappa shape index (κ3) is 5.13. The van der Waals surface area contributed by atoms with Crippen LogP contribution in [0.4, 0.5) is 5.69 Å². The van der Waals surface area contributed by atoms with Gasteiger partial charge in [-0.25, -0.2) is 0 Å². The molecular formula is C17H26N4O3. The van der Waals surface area contributed by atoms with Crippen molar-refractivity contribution in [2.45, 2.75) is 0 Å². The van der Waals surface area contributed by atoms with E-state index in [1.165, 1.54) is 4.90 Å². The molecule has 0 spiro atoms. The third-order valence-electron chi connectivity index (χ3n) is 4.09. The highest BCUT2D eigenvalue weighted by molar-refractivity contribution is 5.85. The lowest BCUT2D eigenvalue weighted by atomic mass is 10.2. The molecule has 1 saturated heterocycles. The van der Waals surface area contributed by atoms with Crippen molar-refractivity contribution in [3.63, 3.8) is 0 Å². The van der Waals surface area contributed by atoms with Crippen LogP contribution in [0, 0.1) is 0 Å². The van der Waals surface area contributed by atoms with Crippen LogP contribution >= 0.6 is 0 Å². The number of ether oxygens (including phenoxy) is 1. The molecule has 1 aliphatic heterocycles. The minimum atomic E-state index is -0.111. The first kappa shape index (κ1) is 18.1. The second-order valence-corrected chi connectivity index (χ2v) is 6.03. The van der Waals surface area contributed by atoms with E-state index in [-0.39, 0.29) is 18.4 Å². The van der Waals surface area contributed by atoms with E-state index in [0.717, 1.165) is 37.6 Å². The Hall–Kier alpha value is -2.28. The zero-order valence-corrected chi connectivity index (χ0v) is 14.6. The lowest BCUT2D eigenvalue weighted by Crippen LogP contribution is -2.50. The maximum absolute atomic E-state index is 11.9. The van der Waals surface area contributed by atoms with E-state index in [0.29, 0.717) is 6.54 Å². The number of hydrogen-bond donors (Lipinski definition) is 1. The number of amides is 2. The molecule has 1 N–H and O–H groups in total. The Balaban J connectivity index is 1.76. The van der Waals surface area contributed by atoms with Crippen molar-refractivity contribution >= 4 is 17.5 Å². The second-order valence-electron chi connectivity index (χ2n) is 6.03. The van der Waals surface area contributed by atoms with Gasteiger partial charge >= 0.3 is 0 Å². The molecule has 1 fully saturated rings. The van der Waals surface area contributed by atoms with Gasteiger partial charge in [0.15, 0.2) is 0 Å². The summed E-state index contributed by atoms with van der Waals surface area (Å²) in [5.41, 5.74) is 1.13. The van der Waals surface area contributed by atoms with Crippen LogP contribution in [0.5, 0.6) is 5.75 Å². The number of piperazine rings is 1. The molecular weight excluding hydrogens is 308 g/mol. The minimum absolute atomic E-state index is 0.0512. The number of nitrogens with one attached hydrogen (secondary N) is 1. The first-order chi connectivity index (χ1) is 11.5. The quantitative estimate of drug-likeness (QED) is 0.795. The zero-order chi connectivity index (χ0) is 17.5. The standard InChI is InChI=1S/C17H26N4O3/c1-19(2)17(23)12-18-16(22)13-20-7-9-21(10-8-20)14-5-4-6-15(11-14)24-3/h4-6,11H,7-10,12-13H2,1-3H3,(H,18,22). The highest BCUT2D eigenvalue weighted by Crippen LogP contribution is 2.21. The van der Waals surface area contributed by atoms with E-state index in [2.05, 4.69) is 21.2 Å². The van der Waals surface area contributed by atoms with Gasteiger partial charge in [0.2, 0.25) is 11.8 Å². The highest BCUT2D eigenvalue weighted by atomic mass is 16.5. The Morgan fingerprint density at radius 3 is 2.54 bits per heavy atom. The first-order valence-electron chi connectivity index (χ1n) is 8.08. The number of rotatable bonds is 6. The van der Waals surface area contributed by atoms with Crippen LogP contribution in [0.25, 0.3) is 0 Å². The number of carbonyl (C=O) groups excluding carboxylic acids is 2. The number of anilines is 1. The van der Waals surface area contributed by atoms with Gasteiger partial charge in [0, 0.05) is 52.0 Å². The van der Waals surface area contributed by atoms with Crippen molar-refractivity contribution in [3.8, 4) is 5.75 Å². The van der Waals surface area contributed by atoms with Gasteiger partial charge in [-0.15, -0.1) is 0 Å². The van der Waals surface area contributed by atoms with Crippen molar-refractivity contribution in [2.24, 2.45) is 0 Å². The van der Waals surface area contributed by atoms with E-state index in [1.807, 2.05) is 18.2 Å². The summed E-state index contributed by atoms with van der Waals surface area (Å²) >= 11 is 0. The normalized spacial score (nSPS) is 15.0. The van der Waals surface area contributed by atoms with Crippen LogP contribution in [0.2, 0.25) is 0 Å². The fourth-order valence-electron chi connectivity index (χ4n) is 2.56. The molecule has 7 heteroatoms. The molecule has 1 aliphatic rings. The van der Waals surface area contributed by atoms with E-state index >= 15 is 0 Å². The summed E-state index contributed by atoms with van der Waals surface area (Å²) in [6.07, 6.45) is 0. The molecule has 0 bridgehead atoms. The number of nitrogens with zero attached hydrogens (tertiary/aromatic N) is 3. The number of methoxy groups -OCH3 is 1. The van der Waals surface area contributed by atoms with E-state index in [4.69, 9.17) is 4.74 Å². The molecule has 1 aromatic rings. The van der Waals surface area contributed by atoms with E-state index in [1.54, 1.807) is 21.2 Å². The molecule has 0 atom stereocenters. The lowest BCUT2D eigenvalue weighted by molar-refractivity contribution is -0.131. The summed E-state index contributed by atoms with van der Waals surface area (Å²) in [4.78, 5) is 29.2. The van der Waals surface area contributed by atoms with Gasteiger partial charge in [-0.1, -0.05) is 6.07 Å². The minimum Gasteiger partial charge on any atom is -0.497 e. The molecule has 0 aromatic heterocycles. The van der Waals surface area contributed by atoms with Gasteiger partial charge in [-0.05, 0) is 12.1 Å². The van der Waals surface area contributed by atoms with Crippen molar-refractivity contribution in [2.75, 3.05) is 65.4 Å². The summed E-state index contributed by atoms with van der Waals surface area (Å²) in [7, 11) is 5.01. The summed E-state index contributed by atoms with van der Waals surface area (Å²) in [5.74, 6) is 0.631. The van der Waals surface area contributed by atoms with Crippen LogP contribution in [-0.2, 0) is 9.59 Å². The Labute approximate surface area is 143 Å². The van der Waals surface area contributed by atoms with Crippen LogP contribution in [0.15, 0.2) is 24.3 Å². The largest absolute Gasteiger partial charge is 0.497 e. The molecule has 0 aliphatic carbocycles. The Morgan fingerprint density at radius 1 is 1.21 bits per heavy atom. The number of carbonyl (C=O) groups is 2. The van der Waals surface area contributed by atoms with Crippen molar-refractivity contribution < 1.29 is 14.3 Å². The third-order valence-corrected chi connectivity index (χ3v) is 4.09. The van der Waals surface area contributed by atoms with Gasteiger partial charge in [-0.2, -0.15) is 0 Å². The predicted molar refractivity (Wildman–Crippen MR) is 93.4 cm³/mol. The molecule has 2 rings (SSSR count). The Bertz CT molecular complexity index is 569. The molecule has 0 radical (unpaired) electrons. The van der Waals surface area contributed by atoms with Gasteiger partial charge < -0.3 is 19.9 Å². The molecule has 0 saturated carbocycles. The van der Waals surface area contributed by atoms with Crippen molar-refractivity contribution in [1.29, 1.82) is 0 Å². The van der Waals surface area contributed by atoms with E-state index < -0.39 is 0 Å². The average Bonchev–Trinajstić information content (AvgIpc) is 2.60. The molecule has 7 nitrogen and oxygen atoms in total. The summed E-state index contributed by atoms with van der Waals surface area (Å²) in [6, 6.07) is 8.00. The van der Waals surface area contributed by atoms with Gasteiger partial charge in [0.25, 0.3) is 0 Å². The van der Waals surface area contributed by atoms with Crippen LogP contribution in [0.3, 0.4) is 0 Å². The Morgan fingerprint density at radius 2 is 1.92 bits per heavy atom. The number of benzene rings is 1. The smallest absolute Gasteiger partial charge is 0.241 e. The molecule has 1 aromatic carbocycles. The van der Waals surface area contributed by atoms with Crippen LogP contribution in [0.1, 0.15) is 0 Å². The van der Waals surface area contributed by atoms with E-state index in [9.17, 15) is 9.59 Å². The SMILES string of the molecule is COc1cccc(N2CCN(CC(=O)NCC(=O)N(C)C)CC2)c1. The van der Waals surface area contributed by atoms with Crippen LogP contribution < -0.4 is 15.0 Å². The maximum atomic E-state index is 11.9. The predicted octanol–water partition coefficient (Wildman–Crippen LogP) is 0.0216. The fourth-order valence-corrected chi connectivity index (χ4v) is 2.56. The molecule has 0 unspecified atom stereocenters. The molecule has 1 heterocycles. The summed E-state index contributed by atoms with van der Waals surface area (Å²) in [5, 5.41) is 2.67. The second kappa shape index (κ2) is 8.54. The fraction of sp³-hybridized carbons (Fsp3) is 0.529. The van der Waals surface area contributed by atoms with Crippen LogP contribution in [-0.4, -0.2) is 82.1 Å². The summed E-state index contributed by atoms with van der Waals surface area (Å²) in [6.45, 7) is 3.72. The van der Waals surface area contributed by atoms with Crippen molar-refractivity contribution in [1.82, 2.24) is 15.1 Å². The summed E-state index contributed by atoms with van der Waals surface area (Å²) < 4.78 is 5.26. The molecule has 132 valence electrons. The highest BCUT2D eigenvalue weighted by Gasteiger charge is 2.19. The molecule has 24 heavy (non-hydrogen) atoms. The zero-order valence-electron chi connectivity index (χ0n) is 14.6. The average molecular weight is 334 g/mol. The number of hydrogen-bond acceptors (Lipinski definition) is 5. The topological polar surface area (TPSA) is 65.1 Å².